The average molecular weight is 411 g/mol. The van der Waals surface area contributed by atoms with Crippen LogP contribution in [0.25, 0.3) is 11.4 Å². The van der Waals surface area contributed by atoms with Gasteiger partial charge in [-0.3, -0.25) is 4.90 Å². The number of halogens is 2. The van der Waals surface area contributed by atoms with Crippen LogP contribution in [-0.2, 0) is 6.54 Å². The Bertz CT molecular complexity index is 980. The predicted octanol–water partition coefficient (Wildman–Crippen LogP) is 3.68. The van der Waals surface area contributed by atoms with Gasteiger partial charge in [-0.2, -0.15) is 0 Å². The van der Waals surface area contributed by atoms with Crippen molar-refractivity contribution >= 4 is 11.7 Å². The van der Waals surface area contributed by atoms with Gasteiger partial charge >= 0.3 is 6.03 Å². The molecule has 156 valence electrons. The van der Waals surface area contributed by atoms with E-state index >= 15 is 0 Å². The van der Waals surface area contributed by atoms with Crippen LogP contribution < -0.4 is 5.32 Å². The predicted molar refractivity (Wildman–Crippen MR) is 111 cm³/mol. The number of nitrogens with zero attached hydrogens (tertiary/aromatic N) is 4. The van der Waals surface area contributed by atoms with Crippen LogP contribution in [0.15, 0.2) is 60.9 Å². The minimum atomic E-state index is -0.781. The van der Waals surface area contributed by atoms with Crippen LogP contribution in [-0.4, -0.2) is 58.1 Å². The topological polar surface area (TPSA) is 53.4 Å². The summed E-state index contributed by atoms with van der Waals surface area (Å²) in [5.74, 6) is -0.631. The standard InChI is InChI=1S/C22H23F2N5O/c23-18-7-4-8-19(24)20(18)26-22(30)29-15-12-27(13-16-29)11-14-28-10-9-25-21(28)17-5-2-1-3-6-17/h1-10H,11-16H2,(H,26,30). The normalized spacial score (nSPS) is 14.7. The molecule has 30 heavy (non-hydrogen) atoms. The molecule has 1 aliphatic rings. The quantitative estimate of drug-likeness (QED) is 0.697. The molecule has 6 nitrogen and oxygen atoms in total. The summed E-state index contributed by atoms with van der Waals surface area (Å²) in [6.07, 6.45) is 3.77. The molecule has 0 bridgehead atoms. The Kier molecular flexibility index (Phi) is 6.04. The number of benzene rings is 2. The molecular weight excluding hydrogens is 388 g/mol. The first-order chi connectivity index (χ1) is 14.6. The first kappa shape index (κ1) is 20.0. The number of hydrogen-bond acceptors (Lipinski definition) is 3. The van der Waals surface area contributed by atoms with Gasteiger partial charge in [0.1, 0.15) is 23.1 Å². The van der Waals surface area contributed by atoms with Crippen LogP contribution in [0, 0.1) is 11.6 Å². The van der Waals surface area contributed by atoms with E-state index in [4.69, 9.17) is 0 Å². The van der Waals surface area contributed by atoms with E-state index in [9.17, 15) is 13.6 Å². The number of para-hydroxylation sites is 1. The van der Waals surface area contributed by atoms with Crippen LogP contribution in [0.2, 0.25) is 0 Å². The van der Waals surface area contributed by atoms with Crippen molar-refractivity contribution in [2.75, 3.05) is 38.0 Å². The number of imidazole rings is 1. The van der Waals surface area contributed by atoms with Crippen molar-refractivity contribution in [3.63, 3.8) is 0 Å². The van der Waals surface area contributed by atoms with Gasteiger partial charge in [0.25, 0.3) is 0 Å². The van der Waals surface area contributed by atoms with Crippen molar-refractivity contribution in [1.82, 2.24) is 19.4 Å². The van der Waals surface area contributed by atoms with Crippen LogP contribution in [0.3, 0.4) is 0 Å². The Balaban J connectivity index is 1.29. The molecule has 2 aromatic carbocycles. The monoisotopic (exact) mass is 411 g/mol. The first-order valence-electron chi connectivity index (χ1n) is 9.90. The fraction of sp³-hybridized carbons (Fsp3) is 0.273. The zero-order chi connectivity index (χ0) is 20.9. The van der Waals surface area contributed by atoms with E-state index < -0.39 is 23.4 Å². The number of nitrogens with one attached hydrogen (secondary N) is 1. The van der Waals surface area contributed by atoms with Crippen molar-refractivity contribution in [1.29, 1.82) is 0 Å². The molecule has 1 saturated heterocycles. The van der Waals surface area contributed by atoms with Crippen molar-refractivity contribution < 1.29 is 13.6 Å². The summed E-state index contributed by atoms with van der Waals surface area (Å²) in [5, 5.41) is 2.35. The van der Waals surface area contributed by atoms with Crippen molar-refractivity contribution in [3.05, 3.63) is 72.6 Å². The van der Waals surface area contributed by atoms with Gasteiger partial charge in [0.2, 0.25) is 0 Å². The van der Waals surface area contributed by atoms with E-state index in [1.165, 1.54) is 6.07 Å². The van der Waals surface area contributed by atoms with E-state index in [0.29, 0.717) is 26.2 Å². The van der Waals surface area contributed by atoms with Gasteiger partial charge in [-0.1, -0.05) is 36.4 Å². The van der Waals surface area contributed by atoms with Gasteiger partial charge in [0.15, 0.2) is 0 Å². The van der Waals surface area contributed by atoms with Crippen molar-refractivity contribution in [3.8, 4) is 11.4 Å². The van der Waals surface area contributed by atoms with Crippen LogP contribution >= 0.6 is 0 Å². The maximum atomic E-state index is 13.7. The van der Waals surface area contributed by atoms with E-state index in [2.05, 4.69) is 19.8 Å². The summed E-state index contributed by atoms with van der Waals surface area (Å²) in [6, 6.07) is 13.1. The molecule has 4 rings (SSSR count). The van der Waals surface area contributed by atoms with Gasteiger partial charge in [-0.05, 0) is 12.1 Å². The third kappa shape index (κ3) is 4.49. The SMILES string of the molecule is O=C(Nc1c(F)cccc1F)N1CCN(CCn2ccnc2-c2ccccc2)CC1. The van der Waals surface area contributed by atoms with E-state index in [0.717, 1.165) is 36.6 Å². The van der Waals surface area contributed by atoms with Crippen LogP contribution in [0.1, 0.15) is 0 Å². The van der Waals surface area contributed by atoms with Gasteiger partial charge in [0.05, 0.1) is 0 Å². The lowest BCUT2D eigenvalue weighted by atomic mass is 10.2. The molecule has 1 aromatic heterocycles. The van der Waals surface area contributed by atoms with Crippen LogP contribution in [0.4, 0.5) is 19.3 Å². The highest BCUT2D eigenvalue weighted by Gasteiger charge is 2.23. The Hall–Kier alpha value is -3.26. The molecule has 2 amide bonds. The summed E-state index contributed by atoms with van der Waals surface area (Å²) in [6.45, 7) is 4.00. The Morgan fingerprint density at radius 1 is 0.933 bits per heavy atom. The van der Waals surface area contributed by atoms with Crippen molar-refractivity contribution in [2.45, 2.75) is 6.54 Å². The number of carbonyl (C=O) groups is 1. The highest BCUT2D eigenvalue weighted by atomic mass is 19.1. The molecule has 1 fully saturated rings. The number of aromatic nitrogens is 2. The third-order valence-corrected chi connectivity index (χ3v) is 5.26. The number of carbonyl (C=O) groups excluding carboxylic acids is 1. The maximum Gasteiger partial charge on any atom is 0.322 e. The van der Waals surface area contributed by atoms with E-state index in [1.807, 2.05) is 36.5 Å². The molecule has 1 N–H and O–H groups in total. The van der Waals surface area contributed by atoms with Gasteiger partial charge < -0.3 is 14.8 Å². The average Bonchev–Trinajstić information content (AvgIpc) is 3.24. The summed E-state index contributed by atoms with van der Waals surface area (Å²) in [7, 11) is 0. The molecule has 1 aliphatic heterocycles. The second kappa shape index (κ2) is 9.04. The lowest BCUT2D eigenvalue weighted by molar-refractivity contribution is 0.144. The zero-order valence-corrected chi connectivity index (χ0v) is 16.5. The molecule has 2 heterocycles. The molecule has 0 atom stereocenters. The highest BCUT2D eigenvalue weighted by molar-refractivity contribution is 5.89. The Labute approximate surface area is 173 Å². The fourth-order valence-corrected chi connectivity index (χ4v) is 3.56. The summed E-state index contributed by atoms with van der Waals surface area (Å²) < 4.78 is 29.6. The fourth-order valence-electron chi connectivity index (χ4n) is 3.56. The number of amides is 2. The molecular formula is C22H23F2N5O. The lowest BCUT2D eigenvalue weighted by Gasteiger charge is -2.34. The maximum absolute atomic E-state index is 13.7. The summed E-state index contributed by atoms with van der Waals surface area (Å²) in [4.78, 5) is 20.7. The van der Waals surface area contributed by atoms with Gasteiger partial charge in [0, 0.05) is 57.2 Å². The van der Waals surface area contributed by atoms with Gasteiger partial charge in [-0.15, -0.1) is 0 Å². The van der Waals surface area contributed by atoms with Crippen LogP contribution in [0.5, 0.6) is 0 Å². The molecule has 3 aromatic rings. The number of rotatable bonds is 5. The van der Waals surface area contributed by atoms with Gasteiger partial charge in [-0.25, -0.2) is 18.6 Å². The third-order valence-electron chi connectivity index (χ3n) is 5.26. The minimum absolute atomic E-state index is 0.404. The Morgan fingerprint density at radius 2 is 1.63 bits per heavy atom. The zero-order valence-electron chi connectivity index (χ0n) is 16.5. The smallest absolute Gasteiger partial charge is 0.322 e. The molecule has 8 heteroatoms. The Morgan fingerprint density at radius 3 is 2.33 bits per heavy atom. The highest BCUT2D eigenvalue weighted by Crippen LogP contribution is 2.19. The molecule has 0 unspecified atom stereocenters. The minimum Gasteiger partial charge on any atom is -0.330 e. The number of hydrogen-bond donors (Lipinski definition) is 1. The molecule has 0 saturated carbocycles. The molecule has 0 aliphatic carbocycles. The summed E-state index contributed by atoms with van der Waals surface area (Å²) in [5.41, 5.74) is 0.669. The number of piperazine rings is 1. The number of anilines is 1. The largest absolute Gasteiger partial charge is 0.330 e. The van der Waals surface area contributed by atoms with E-state index in [1.54, 1.807) is 11.1 Å². The second-order valence-electron chi connectivity index (χ2n) is 7.17. The van der Waals surface area contributed by atoms with Crippen molar-refractivity contribution in [2.24, 2.45) is 0 Å². The second-order valence-corrected chi connectivity index (χ2v) is 7.17. The first-order valence-corrected chi connectivity index (χ1v) is 9.90. The lowest BCUT2D eigenvalue weighted by Crippen LogP contribution is -2.50. The molecule has 0 radical (unpaired) electrons. The van der Waals surface area contributed by atoms with E-state index in [-0.39, 0.29) is 0 Å². The summed E-state index contributed by atoms with van der Waals surface area (Å²) >= 11 is 0. The number of urea groups is 1. The molecule has 0 spiro atoms.